The quantitative estimate of drug-likeness (QED) is 0.319. The van der Waals surface area contributed by atoms with Crippen LogP contribution in [0, 0.1) is 6.92 Å². The van der Waals surface area contributed by atoms with E-state index >= 15 is 0 Å². The maximum absolute atomic E-state index is 5.77. The third-order valence-corrected chi connectivity index (χ3v) is 7.37. The highest BCUT2D eigenvalue weighted by molar-refractivity contribution is 6.04. The zero-order valence-electron chi connectivity index (χ0n) is 18.6. The van der Waals surface area contributed by atoms with Crippen LogP contribution in [0.15, 0.2) is 61.3 Å². The topological polar surface area (TPSA) is 26.0 Å². The molecule has 0 bridgehead atoms. The monoisotopic (exact) mass is 407 g/mol. The molecular weight excluding hydrogens is 380 g/mol. The molecule has 154 valence electrons. The lowest BCUT2D eigenvalue weighted by Crippen LogP contribution is -2.49. The summed E-state index contributed by atoms with van der Waals surface area (Å²) in [6, 6.07) is 15.7. The van der Waals surface area contributed by atoms with Crippen molar-refractivity contribution in [3.05, 3.63) is 83.8 Å². The molecule has 0 saturated carbocycles. The molecule has 0 spiro atoms. The predicted octanol–water partition coefficient (Wildman–Crippen LogP) is 5.76. The van der Waals surface area contributed by atoms with Crippen molar-refractivity contribution in [1.29, 1.82) is 0 Å². The molecule has 3 heteroatoms. The number of fused-ring (bicyclic) bond motifs is 2. The number of ether oxygens (including phenoxy) is 1. The fraction of sp³-hybridized carbons (Fsp3) is 0.286. The van der Waals surface area contributed by atoms with Crippen LogP contribution in [0.3, 0.4) is 0 Å². The van der Waals surface area contributed by atoms with E-state index in [2.05, 4.69) is 86.7 Å². The molecule has 0 fully saturated rings. The van der Waals surface area contributed by atoms with Crippen molar-refractivity contribution >= 4 is 21.5 Å². The summed E-state index contributed by atoms with van der Waals surface area (Å²) in [5.74, 6) is 0.202. The Morgan fingerprint density at radius 1 is 1.16 bits per heavy atom. The minimum Gasteiger partial charge on any atom is -0.384 e. The van der Waals surface area contributed by atoms with Crippen molar-refractivity contribution in [2.24, 2.45) is 0 Å². The van der Waals surface area contributed by atoms with Crippen LogP contribution in [0.4, 0.5) is 0 Å². The van der Waals surface area contributed by atoms with Crippen molar-refractivity contribution in [2.75, 3.05) is 13.7 Å². The van der Waals surface area contributed by atoms with E-state index in [0.29, 0.717) is 6.61 Å². The van der Waals surface area contributed by atoms with E-state index in [1.165, 1.54) is 49.6 Å². The van der Waals surface area contributed by atoms with Crippen LogP contribution in [0.2, 0.25) is 0 Å². The molecule has 0 N–H and O–H groups in total. The van der Waals surface area contributed by atoms with Gasteiger partial charge in [0.1, 0.15) is 0 Å². The average molecular weight is 408 g/mol. The smallest absolute Gasteiger partial charge is 0.223 e. The number of rotatable bonds is 3. The summed E-state index contributed by atoms with van der Waals surface area (Å²) in [5, 5.41) is 5.15. The van der Waals surface area contributed by atoms with Gasteiger partial charge in [-0.2, -0.15) is 4.57 Å². The predicted molar refractivity (Wildman–Crippen MR) is 126 cm³/mol. The van der Waals surface area contributed by atoms with Crippen molar-refractivity contribution in [3.63, 3.8) is 0 Å². The molecule has 2 aromatic carbocycles. The van der Waals surface area contributed by atoms with E-state index in [-0.39, 0.29) is 17.4 Å². The Hall–Kier alpha value is -3.04. The summed E-state index contributed by atoms with van der Waals surface area (Å²) in [6.07, 6.45) is 4.31. The van der Waals surface area contributed by atoms with Crippen LogP contribution in [-0.4, -0.2) is 18.7 Å². The van der Waals surface area contributed by atoms with E-state index in [4.69, 9.17) is 9.72 Å². The summed E-state index contributed by atoms with van der Waals surface area (Å²) in [4.78, 5) is 5.10. The van der Waals surface area contributed by atoms with Gasteiger partial charge >= 0.3 is 0 Å². The molecule has 3 heterocycles. The van der Waals surface area contributed by atoms with Crippen molar-refractivity contribution in [2.45, 2.75) is 38.1 Å². The Kier molecular flexibility index (Phi) is 3.77. The van der Waals surface area contributed by atoms with Gasteiger partial charge in [-0.05, 0) is 52.4 Å². The molecule has 0 saturated heterocycles. The maximum atomic E-state index is 5.77. The fourth-order valence-corrected chi connectivity index (χ4v) is 6.04. The van der Waals surface area contributed by atoms with Crippen LogP contribution in [0.1, 0.15) is 48.3 Å². The lowest BCUT2D eigenvalue weighted by molar-refractivity contribution is -0.706. The second-order valence-corrected chi connectivity index (χ2v) is 9.50. The first-order chi connectivity index (χ1) is 15.0. The molecule has 4 aromatic rings. The van der Waals surface area contributed by atoms with Gasteiger partial charge in [0, 0.05) is 24.3 Å². The minimum atomic E-state index is -0.191. The molecule has 1 aliphatic carbocycles. The number of aryl methyl sites for hydroxylation is 1. The van der Waals surface area contributed by atoms with E-state index in [1.54, 1.807) is 7.11 Å². The first-order valence-electron chi connectivity index (χ1n) is 11.0. The molecule has 0 radical (unpaired) electrons. The molecule has 3 nitrogen and oxygen atoms in total. The van der Waals surface area contributed by atoms with Crippen molar-refractivity contribution in [1.82, 2.24) is 4.98 Å². The molecule has 31 heavy (non-hydrogen) atoms. The number of nitrogens with zero attached hydrogens (tertiary/aromatic N) is 2. The van der Waals surface area contributed by atoms with Crippen LogP contribution in [-0.2, 0) is 10.2 Å². The van der Waals surface area contributed by atoms with Gasteiger partial charge in [0.15, 0.2) is 12.2 Å². The van der Waals surface area contributed by atoms with E-state index in [9.17, 15) is 0 Å². The molecular formula is C28H27N2O+. The number of allylic oxidation sites excluding steroid dienone is 1. The zero-order valence-corrected chi connectivity index (χ0v) is 18.6. The first kappa shape index (κ1) is 18.7. The highest BCUT2D eigenvalue weighted by Crippen LogP contribution is 2.54. The van der Waals surface area contributed by atoms with Crippen LogP contribution in [0.5, 0.6) is 0 Å². The van der Waals surface area contributed by atoms with Crippen LogP contribution < -0.4 is 4.57 Å². The van der Waals surface area contributed by atoms with Gasteiger partial charge in [0.05, 0.1) is 29.2 Å². The molecule has 2 aliphatic rings. The lowest BCUT2D eigenvalue weighted by atomic mass is 9.66. The van der Waals surface area contributed by atoms with Gasteiger partial charge in [-0.1, -0.05) is 44.7 Å². The van der Waals surface area contributed by atoms with Crippen LogP contribution >= 0.6 is 0 Å². The molecule has 2 aromatic heterocycles. The first-order valence-corrected chi connectivity index (χ1v) is 11.0. The molecule has 2 atom stereocenters. The minimum absolute atomic E-state index is 0.126. The van der Waals surface area contributed by atoms with Gasteiger partial charge in [0.25, 0.3) is 0 Å². The maximum Gasteiger partial charge on any atom is 0.223 e. The SMILES string of the molecule is C=CC1C(COC)c2c3c(cc4ccccc24)C(C)(C)c2nc(C)cc4cc[n+]1c-3c24. The average Bonchev–Trinajstić information content (AvgIpc) is 2.76. The second-order valence-electron chi connectivity index (χ2n) is 9.50. The number of benzene rings is 2. The number of hydrogen-bond acceptors (Lipinski definition) is 2. The summed E-state index contributed by atoms with van der Waals surface area (Å²) in [6.45, 7) is 11.6. The van der Waals surface area contributed by atoms with Crippen molar-refractivity contribution < 1.29 is 9.30 Å². The third kappa shape index (κ3) is 2.27. The highest BCUT2D eigenvalue weighted by atomic mass is 16.5. The number of methoxy groups -OCH3 is 1. The van der Waals surface area contributed by atoms with Gasteiger partial charge in [-0.3, -0.25) is 4.98 Å². The molecule has 1 aliphatic heterocycles. The normalized spacial score (nSPS) is 20.3. The Labute approximate surface area is 183 Å². The number of aromatic nitrogens is 2. The van der Waals surface area contributed by atoms with Gasteiger partial charge < -0.3 is 4.74 Å². The Bertz CT molecular complexity index is 1420. The largest absolute Gasteiger partial charge is 0.384 e. The summed E-state index contributed by atoms with van der Waals surface area (Å²) >= 11 is 0. The third-order valence-electron chi connectivity index (χ3n) is 7.37. The second kappa shape index (κ2) is 6.24. The van der Waals surface area contributed by atoms with Gasteiger partial charge in [-0.15, -0.1) is 0 Å². The van der Waals surface area contributed by atoms with E-state index < -0.39 is 0 Å². The standard InChI is InChI=1S/C28H27N2O/c1-6-22-20(15-31-5)24-19-10-8-7-9-17(19)14-21-25(24)26-23-18(11-12-30(22)26)13-16(2)29-27(23)28(21,3)4/h6-14,20,22H,1,15H2,2-5H3/q+1. The zero-order chi connectivity index (χ0) is 21.5. The molecule has 6 rings (SSSR count). The van der Waals surface area contributed by atoms with Gasteiger partial charge in [0.2, 0.25) is 5.69 Å². The lowest BCUT2D eigenvalue weighted by Gasteiger charge is -2.39. The Balaban J connectivity index is 1.91. The Morgan fingerprint density at radius 3 is 2.74 bits per heavy atom. The summed E-state index contributed by atoms with van der Waals surface area (Å²) in [5.41, 5.74) is 7.46. The van der Waals surface area contributed by atoms with Gasteiger partial charge in [-0.25, -0.2) is 0 Å². The molecule has 0 amide bonds. The number of pyridine rings is 2. The summed E-state index contributed by atoms with van der Waals surface area (Å²) < 4.78 is 8.18. The Morgan fingerprint density at radius 2 is 1.97 bits per heavy atom. The highest BCUT2D eigenvalue weighted by Gasteiger charge is 2.48. The fourth-order valence-electron chi connectivity index (χ4n) is 6.04. The molecule has 2 unspecified atom stereocenters. The van der Waals surface area contributed by atoms with Crippen LogP contribution in [0.25, 0.3) is 32.8 Å². The van der Waals surface area contributed by atoms with E-state index in [1.807, 2.05) is 0 Å². The van der Waals surface area contributed by atoms with Crippen molar-refractivity contribution in [3.8, 4) is 11.3 Å². The summed E-state index contributed by atoms with van der Waals surface area (Å²) in [7, 11) is 1.80. The van der Waals surface area contributed by atoms with E-state index in [0.717, 1.165) is 5.69 Å². The number of hydrogen-bond donors (Lipinski definition) is 0.